The summed E-state index contributed by atoms with van der Waals surface area (Å²) >= 11 is 5.93. The average Bonchev–Trinajstić information content (AvgIpc) is 2.70. The van der Waals surface area contributed by atoms with Gasteiger partial charge in [-0.3, -0.25) is 9.59 Å². The van der Waals surface area contributed by atoms with Crippen LogP contribution in [0.3, 0.4) is 0 Å². The third-order valence-electron chi connectivity index (χ3n) is 4.71. The van der Waals surface area contributed by atoms with E-state index in [0.717, 1.165) is 11.1 Å². The standard InChI is InChI=1S/C21H20ClNO5/c1-13(24)17-10-16(22)7-8-19(17)28-12-20(25)23-11-15-6-4-3-5-14(15)9-18(23)21(26)27-2/h3-8,10,18H,9,11-12H2,1-2H3/t18-/m0/s1. The van der Waals surface area contributed by atoms with Gasteiger partial charge in [0, 0.05) is 18.0 Å². The molecule has 0 radical (unpaired) electrons. The van der Waals surface area contributed by atoms with Gasteiger partial charge in [-0.1, -0.05) is 35.9 Å². The summed E-state index contributed by atoms with van der Waals surface area (Å²) in [5, 5.41) is 0.405. The maximum Gasteiger partial charge on any atom is 0.328 e. The van der Waals surface area contributed by atoms with E-state index in [-0.39, 0.29) is 30.6 Å². The van der Waals surface area contributed by atoms with E-state index in [0.29, 0.717) is 17.0 Å². The van der Waals surface area contributed by atoms with Gasteiger partial charge in [-0.25, -0.2) is 4.79 Å². The second kappa shape index (κ2) is 8.44. The molecule has 0 unspecified atom stereocenters. The zero-order chi connectivity index (χ0) is 20.3. The van der Waals surface area contributed by atoms with Crippen molar-refractivity contribution in [3.05, 3.63) is 64.2 Å². The molecule has 1 atom stereocenters. The minimum absolute atomic E-state index is 0.218. The molecule has 7 heteroatoms. The molecule has 0 saturated heterocycles. The normalized spacial score (nSPS) is 15.5. The summed E-state index contributed by atoms with van der Waals surface area (Å²) in [4.78, 5) is 38.3. The number of hydrogen-bond acceptors (Lipinski definition) is 5. The van der Waals surface area contributed by atoms with E-state index in [1.165, 1.54) is 25.0 Å². The first-order valence-corrected chi connectivity index (χ1v) is 9.16. The molecule has 0 aromatic heterocycles. The predicted molar refractivity (Wildman–Crippen MR) is 103 cm³/mol. The number of halogens is 1. The van der Waals surface area contributed by atoms with Crippen LogP contribution in [0.15, 0.2) is 42.5 Å². The number of amides is 1. The first-order chi connectivity index (χ1) is 13.4. The number of hydrogen-bond donors (Lipinski definition) is 0. The molecule has 1 heterocycles. The van der Waals surface area contributed by atoms with E-state index in [9.17, 15) is 14.4 Å². The molecular formula is C21H20ClNO5. The highest BCUT2D eigenvalue weighted by Crippen LogP contribution is 2.26. The Kier molecular flexibility index (Phi) is 5.99. The number of ketones is 1. The van der Waals surface area contributed by atoms with Crippen molar-refractivity contribution >= 4 is 29.3 Å². The Labute approximate surface area is 168 Å². The number of ether oxygens (including phenoxy) is 2. The fourth-order valence-corrected chi connectivity index (χ4v) is 3.43. The van der Waals surface area contributed by atoms with Crippen LogP contribution in [-0.4, -0.2) is 42.3 Å². The third kappa shape index (κ3) is 4.17. The maximum absolute atomic E-state index is 12.8. The molecule has 0 fully saturated rings. The molecule has 2 aromatic carbocycles. The first kappa shape index (κ1) is 19.9. The van der Waals surface area contributed by atoms with Crippen molar-refractivity contribution in [3.63, 3.8) is 0 Å². The zero-order valence-electron chi connectivity index (χ0n) is 15.6. The summed E-state index contributed by atoms with van der Waals surface area (Å²) in [5.74, 6) is -0.783. The number of rotatable bonds is 5. The molecule has 146 valence electrons. The van der Waals surface area contributed by atoms with Crippen LogP contribution >= 0.6 is 11.6 Å². The van der Waals surface area contributed by atoms with Crippen molar-refractivity contribution in [1.82, 2.24) is 4.90 Å². The SMILES string of the molecule is COC(=O)[C@@H]1Cc2ccccc2CN1C(=O)COc1ccc(Cl)cc1C(C)=O. The van der Waals surface area contributed by atoms with Gasteiger partial charge in [0.1, 0.15) is 11.8 Å². The minimum atomic E-state index is -0.714. The summed E-state index contributed by atoms with van der Waals surface area (Å²) in [5.41, 5.74) is 2.29. The molecule has 6 nitrogen and oxygen atoms in total. The lowest BCUT2D eigenvalue weighted by molar-refractivity contribution is -0.154. The van der Waals surface area contributed by atoms with Gasteiger partial charge in [-0.2, -0.15) is 0 Å². The van der Waals surface area contributed by atoms with Crippen LogP contribution in [0, 0.1) is 0 Å². The summed E-state index contributed by atoms with van der Waals surface area (Å²) in [6.45, 7) is 1.38. The van der Waals surface area contributed by atoms with Crippen LogP contribution in [0.1, 0.15) is 28.4 Å². The highest BCUT2D eigenvalue weighted by Gasteiger charge is 2.35. The molecule has 0 N–H and O–H groups in total. The topological polar surface area (TPSA) is 72.9 Å². The fraction of sp³-hybridized carbons (Fsp3) is 0.286. The summed E-state index contributed by atoms with van der Waals surface area (Å²) in [7, 11) is 1.30. The molecule has 1 aliphatic rings. The molecule has 0 saturated carbocycles. The molecule has 1 amide bonds. The summed E-state index contributed by atoms with van der Waals surface area (Å²) in [6.07, 6.45) is 0.383. The number of carbonyl (C=O) groups is 3. The number of esters is 1. The Balaban J connectivity index is 1.79. The second-order valence-electron chi connectivity index (χ2n) is 6.52. The highest BCUT2D eigenvalue weighted by molar-refractivity contribution is 6.31. The van der Waals surface area contributed by atoms with Crippen molar-refractivity contribution < 1.29 is 23.9 Å². The van der Waals surface area contributed by atoms with Crippen LogP contribution in [-0.2, 0) is 27.3 Å². The lowest BCUT2D eigenvalue weighted by Gasteiger charge is -2.35. The molecule has 0 aliphatic carbocycles. The van der Waals surface area contributed by atoms with E-state index in [2.05, 4.69) is 0 Å². The minimum Gasteiger partial charge on any atom is -0.483 e. The van der Waals surface area contributed by atoms with Crippen LogP contribution in [0.5, 0.6) is 5.75 Å². The highest BCUT2D eigenvalue weighted by atomic mass is 35.5. The molecule has 3 rings (SSSR count). The van der Waals surface area contributed by atoms with E-state index in [1.807, 2.05) is 24.3 Å². The van der Waals surface area contributed by atoms with E-state index in [4.69, 9.17) is 21.1 Å². The average molecular weight is 402 g/mol. The van der Waals surface area contributed by atoms with E-state index in [1.54, 1.807) is 12.1 Å². The Morgan fingerprint density at radius 2 is 1.86 bits per heavy atom. The van der Waals surface area contributed by atoms with Crippen LogP contribution < -0.4 is 4.74 Å². The zero-order valence-corrected chi connectivity index (χ0v) is 16.4. The Bertz CT molecular complexity index is 927. The van der Waals surface area contributed by atoms with E-state index >= 15 is 0 Å². The first-order valence-electron chi connectivity index (χ1n) is 8.78. The van der Waals surface area contributed by atoms with Crippen molar-refractivity contribution in [2.75, 3.05) is 13.7 Å². The van der Waals surface area contributed by atoms with Crippen molar-refractivity contribution in [3.8, 4) is 5.75 Å². The lowest BCUT2D eigenvalue weighted by Crippen LogP contribution is -2.50. The second-order valence-corrected chi connectivity index (χ2v) is 6.96. The van der Waals surface area contributed by atoms with Crippen LogP contribution in [0.4, 0.5) is 0 Å². The van der Waals surface area contributed by atoms with Crippen molar-refractivity contribution in [1.29, 1.82) is 0 Å². The monoisotopic (exact) mass is 401 g/mol. The number of fused-ring (bicyclic) bond motifs is 1. The quantitative estimate of drug-likeness (QED) is 0.568. The van der Waals surface area contributed by atoms with Gasteiger partial charge in [0.15, 0.2) is 12.4 Å². The van der Waals surface area contributed by atoms with Gasteiger partial charge in [0.05, 0.1) is 12.7 Å². The van der Waals surface area contributed by atoms with Gasteiger partial charge in [-0.15, -0.1) is 0 Å². The molecule has 0 bridgehead atoms. The smallest absolute Gasteiger partial charge is 0.328 e. The van der Waals surface area contributed by atoms with E-state index < -0.39 is 12.0 Å². The number of methoxy groups -OCH3 is 1. The molecule has 1 aliphatic heterocycles. The number of carbonyl (C=O) groups excluding carboxylic acids is 3. The van der Waals surface area contributed by atoms with Crippen LogP contribution in [0.2, 0.25) is 5.02 Å². The molecular weight excluding hydrogens is 382 g/mol. The lowest BCUT2D eigenvalue weighted by atomic mass is 9.94. The maximum atomic E-state index is 12.8. The number of Topliss-reactive ketones (excluding diaryl/α,β-unsaturated/α-hetero) is 1. The Morgan fingerprint density at radius 3 is 2.54 bits per heavy atom. The van der Waals surface area contributed by atoms with Crippen molar-refractivity contribution in [2.24, 2.45) is 0 Å². The molecule has 0 spiro atoms. The summed E-state index contributed by atoms with van der Waals surface area (Å²) < 4.78 is 10.5. The van der Waals surface area contributed by atoms with Crippen molar-refractivity contribution in [2.45, 2.75) is 25.9 Å². The van der Waals surface area contributed by atoms with Gasteiger partial charge in [0.25, 0.3) is 5.91 Å². The van der Waals surface area contributed by atoms with Gasteiger partial charge < -0.3 is 14.4 Å². The Morgan fingerprint density at radius 1 is 1.14 bits per heavy atom. The van der Waals surface area contributed by atoms with Gasteiger partial charge in [-0.05, 0) is 36.2 Å². The molecule has 28 heavy (non-hydrogen) atoms. The fourth-order valence-electron chi connectivity index (χ4n) is 3.26. The number of benzene rings is 2. The van der Waals surface area contributed by atoms with Gasteiger partial charge >= 0.3 is 5.97 Å². The van der Waals surface area contributed by atoms with Gasteiger partial charge in [0.2, 0.25) is 0 Å². The largest absolute Gasteiger partial charge is 0.483 e. The Hall–Kier alpha value is -2.86. The summed E-state index contributed by atoms with van der Waals surface area (Å²) in [6, 6.07) is 11.6. The predicted octanol–water partition coefficient (Wildman–Crippen LogP) is 3.05. The van der Waals surface area contributed by atoms with Crippen LogP contribution in [0.25, 0.3) is 0 Å². The number of nitrogens with zero attached hydrogens (tertiary/aromatic N) is 1. The third-order valence-corrected chi connectivity index (χ3v) is 4.95. The molecule has 2 aromatic rings.